The van der Waals surface area contributed by atoms with Crippen LogP contribution in [-0.2, 0) is 4.74 Å². The Labute approximate surface area is 76.9 Å². The van der Waals surface area contributed by atoms with Gasteiger partial charge >= 0.3 is 0 Å². The minimum Gasteiger partial charge on any atom is -0.379 e. The fourth-order valence-electron chi connectivity index (χ4n) is 1.51. The van der Waals surface area contributed by atoms with Crippen LogP contribution in [0.4, 0.5) is 0 Å². The molecular weight excluding hydrogens is 150 g/mol. The summed E-state index contributed by atoms with van der Waals surface area (Å²) < 4.78 is 5.32. The van der Waals surface area contributed by atoms with E-state index in [0.717, 1.165) is 19.8 Å². The van der Waals surface area contributed by atoms with Crippen molar-refractivity contribution in [2.45, 2.75) is 46.7 Å². The smallest absolute Gasteiger partial charge is 0.0619 e. The van der Waals surface area contributed by atoms with Gasteiger partial charge in [0.05, 0.1) is 13.2 Å². The molecule has 0 amide bonds. The minimum atomic E-state index is 0.605. The Morgan fingerprint density at radius 3 is 2.25 bits per heavy atom. The zero-order valence-corrected chi connectivity index (χ0v) is 9.13. The van der Waals surface area contributed by atoms with Crippen LogP contribution < -0.4 is 0 Å². The summed E-state index contributed by atoms with van der Waals surface area (Å²) in [6.07, 6.45) is 0. The molecule has 1 atom stereocenters. The van der Waals surface area contributed by atoms with Gasteiger partial charge in [0.1, 0.15) is 0 Å². The number of nitrogens with zero attached hydrogens (tertiary/aromatic N) is 1. The lowest BCUT2D eigenvalue weighted by molar-refractivity contribution is -0.0149. The number of hydrogen-bond acceptors (Lipinski definition) is 2. The van der Waals surface area contributed by atoms with Crippen molar-refractivity contribution in [1.82, 2.24) is 4.90 Å². The lowest BCUT2D eigenvalue weighted by Gasteiger charge is -2.36. The highest BCUT2D eigenvalue weighted by Gasteiger charge is 2.20. The number of rotatable bonds is 1. The molecule has 12 heavy (non-hydrogen) atoms. The van der Waals surface area contributed by atoms with Gasteiger partial charge in [-0.25, -0.2) is 0 Å². The van der Waals surface area contributed by atoms with E-state index in [1.807, 2.05) is 13.8 Å². The van der Waals surface area contributed by atoms with Gasteiger partial charge in [0.25, 0.3) is 0 Å². The van der Waals surface area contributed by atoms with Crippen molar-refractivity contribution < 1.29 is 4.74 Å². The van der Waals surface area contributed by atoms with Gasteiger partial charge < -0.3 is 4.74 Å². The molecule has 0 spiro atoms. The molecule has 0 aliphatic carbocycles. The second kappa shape index (κ2) is 6.44. The molecule has 1 aliphatic heterocycles. The first-order chi connectivity index (χ1) is 5.72. The molecule has 0 aromatic rings. The summed E-state index contributed by atoms with van der Waals surface area (Å²) in [5, 5.41) is 0. The lowest BCUT2D eigenvalue weighted by atomic mass is 10.2. The predicted octanol–water partition coefficient (Wildman–Crippen LogP) is 2.14. The Bertz CT molecular complexity index is 104. The lowest BCUT2D eigenvalue weighted by Crippen LogP contribution is -2.47. The van der Waals surface area contributed by atoms with E-state index in [4.69, 9.17) is 4.74 Å². The molecule has 1 rings (SSSR count). The van der Waals surface area contributed by atoms with Crippen LogP contribution in [0.2, 0.25) is 0 Å². The first-order valence-electron chi connectivity index (χ1n) is 5.05. The van der Waals surface area contributed by atoms with Gasteiger partial charge in [-0.15, -0.1) is 0 Å². The van der Waals surface area contributed by atoms with Crippen LogP contribution in [0.3, 0.4) is 0 Å². The topological polar surface area (TPSA) is 12.5 Å². The van der Waals surface area contributed by atoms with Gasteiger partial charge in [-0.2, -0.15) is 0 Å². The van der Waals surface area contributed by atoms with Crippen LogP contribution in [0.5, 0.6) is 0 Å². The first-order valence-corrected chi connectivity index (χ1v) is 5.05. The third kappa shape index (κ3) is 3.55. The van der Waals surface area contributed by atoms with E-state index in [1.54, 1.807) is 0 Å². The van der Waals surface area contributed by atoms with Gasteiger partial charge in [-0.1, -0.05) is 13.8 Å². The summed E-state index contributed by atoms with van der Waals surface area (Å²) in [7, 11) is 0. The third-order valence-corrected chi connectivity index (χ3v) is 2.08. The third-order valence-electron chi connectivity index (χ3n) is 2.08. The molecule has 0 bridgehead atoms. The van der Waals surface area contributed by atoms with Gasteiger partial charge in [0, 0.05) is 18.6 Å². The largest absolute Gasteiger partial charge is 0.379 e. The maximum atomic E-state index is 5.32. The average molecular weight is 173 g/mol. The maximum absolute atomic E-state index is 5.32. The van der Waals surface area contributed by atoms with E-state index in [1.165, 1.54) is 0 Å². The Morgan fingerprint density at radius 2 is 1.92 bits per heavy atom. The normalized spacial score (nSPS) is 25.0. The number of hydrogen-bond donors (Lipinski definition) is 0. The maximum Gasteiger partial charge on any atom is 0.0619 e. The SMILES string of the molecule is CC.CC(C)N1CCOCC1C. The minimum absolute atomic E-state index is 0.605. The molecular formula is C10H23NO. The molecule has 0 N–H and O–H groups in total. The summed E-state index contributed by atoms with van der Waals surface area (Å²) in [6, 6.07) is 1.27. The van der Waals surface area contributed by atoms with E-state index in [-0.39, 0.29) is 0 Å². The van der Waals surface area contributed by atoms with Crippen molar-refractivity contribution in [3.8, 4) is 0 Å². The van der Waals surface area contributed by atoms with Crippen LogP contribution >= 0.6 is 0 Å². The highest BCUT2D eigenvalue weighted by molar-refractivity contribution is 4.73. The number of ether oxygens (including phenoxy) is 1. The van der Waals surface area contributed by atoms with E-state index in [2.05, 4.69) is 25.7 Å². The van der Waals surface area contributed by atoms with Crippen LogP contribution in [0.15, 0.2) is 0 Å². The van der Waals surface area contributed by atoms with Gasteiger partial charge in [-0.05, 0) is 20.8 Å². The van der Waals surface area contributed by atoms with Gasteiger partial charge in [0.2, 0.25) is 0 Å². The van der Waals surface area contributed by atoms with Crippen molar-refractivity contribution in [3.05, 3.63) is 0 Å². The quantitative estimate of drug-likeness (QED) is 0.602. The average Bonchev–Trinajstić information content (AvgIpc) is 2.08. The Hall–Kier alpha value is -0.0800. The fourth-order valence-corrected chi connectivity index (χ4v) is 1.51. The van der Waals surface area contributed by atoms with Crippen molar-refractivity contribution in [2.24, 2.45) is 0 Å². The van der Waals surface area contributed by atoms with Crippen molar-refractivity contribution >= 4 is 0 Å². The van der Waals surface area contributed by atoms with Crippen LogP contribution in [0.25, 0.3) is 0 Å². The fraction of sp³-hybridized carbons (Fsp3) is 1.00. The van der Waals surface area contributed by atoms with Crippen LogP contribution in [0, 0.1) is 0 Å². The summed E-state index contributed by atoms with van der Waals surface area (Å²) in [4.78, 5) is 2.48. The Kier molecular flexibility index (Phi) is 6.39. The van der Waals surface area contributed by atoms with E-state index < -0.39 is 0 Å². The van der Waals surface area contributed by atoms with Crippen molar-refractivity contribution in [2.75, 3.05) is 19.8 Å². The van der Waals surface area contributed by atoms with Gasteiger partial charge in [-0.3, -0.25) is 4.90 Å². The molecule has 2 heteroatoms. The highest BCUT2D eigenvalue weighted by atomic mass is 16.5. The van der Waals surface area contributed by atoms with E-state index in [0.29, 0.717) is 12.1 Å². The summed E-state index contributed by atoms with van der Waals surface area (Å²) in [5.41, 5.74) is 0. The zero-order valence-electron chi connectivity index (χ0n) is 9.13. The first kappa shape index (κ1) is 11.9. The summed E-state index contributed by atoms with van der Waals surface area (Å²) in [6.45, 7) is 13.6. The van der Waals surface area contributed by atoms with Crippen LogP contribution in [-0.4, -0.2) is 36.7 Å². The molecule has 1 unspecified atom stereocenters. The molecule has 2 nitrogen and oxygen atoms in total. The molecule has 1 fully saturated rings. The molecule has 0 aromatic heterocycles. The summed E-state index contributed by atoms with van der Waals surface area (Å²) in [5.74, 6) is 0. The molecule has 74 valence electrons. The van der Waals surface area contributed by atoms with E-state index in [9.17, 15) is 0 Å². The molecule has 0 radical (unpaired) electrons. The Balaban J connectivity index is 0.000000561. The molecule has 0 saturated carbocycles. The van der Waals surface area contributed by atoms with E-state index >= 15 is 0 Å². The van der Waals surface area contributed by atoms with Gasteiger partial charge in [0.15, 0.2) is 0 Å². The zero-order chi connectivity index (χ0) is 9.56. The molecule has 1 aliphatic rings. The van der Waals surface area contributed by atoms with Crippen molar-refractivity contribution in [1.29, 1.82) is 0 Å². The standard InChI is InChI=1S/C8H17NO.C2H6/c1-7(2)9-4-5-10-6-8(9)3;1-2/h7-8H,4-6H2,1-3H3;1-2H3. The van der Waals surface area contributed by atoms with Crippen molar-refractivity contribution in [3.63, 3.8) is 0 Å². The molecule has 1 saturated heterocycles. The summed E-state index contributed by atoms with van der Waals surface area (Å²) >= 11 is 0. The van der Waals surface area contributed by atoms with Crippen LogP contribution in [0.1, 0.15) is 34.6 Å². The monoisotopic (exact) mass is 173 g/mol. The predicted molar refractivity (Wildman–Crippen MR) is 53.5 cm³/mol. The molecule has 0 aromatic carbocycles. The second-order valence-electron chi connectivity index (χ2n) is 3.26. The second-order valence-corrected chi connectivity index (χ2v) is 3.26. The highest BCUT2D eigenvalue weighted by Crippen LogP contribution is 2.09. The number of morpholine rings is 1. The Morgan fingerprint density at radius 1 is 1.33 bits per heavy atom. The molecule has 1 heterocycles.